The van der Waals surface area contributed by atoms with E-state index in [1.165, 1.54) is 16.7 Å². The topological polar surface area (TPSA) is 75.3 Å². The fourth-order valence-electron chi connectivity index (χ4n) is 1.76. The summed E-state index contributed by atoms with van der Waals surface area (Å²) in [7, 11) is -1.97. The lowest BCUT2D eigenvalue weighted by molar-refractivity contribution is 0.340. The van der Waals surface area contributed by atoms with Gasteiger partial charge in [-0.25, -0.2) is 8.42 Å². The number of aromatic nitrogens is 2. The van der Waals surface area contributed by atoms with E-state index in [-0.39, 0.29) is 4.90 Å². The van der Waals surface area contributed by atoms with Crippen LogP contribution in [0.2, 0.25) is 0 Å². The smallest absolute Gasteiger partial charge is 0.246 e. The molecule has 6 nitrogen and oxygen atoms in total. The Kier molecular flexibility index (Phi) is 4.41. The second-order valence-corrected chi connectivity index (χ2v) is 6.32. The van der Waals surface area contributed by atoms with Gasteiger partial charge in [0.05, 0.1) is 12.8 Å². The Morgan fingerprint density at radius 3 is 2.55 bits per heavy atom. The number of benzene rings is 1. The van der Waals surface area contributed by atoms with Crippen LogP contribution in [0.15, 0.2) is 41.6 Å². The van der Waals surface area contributed by atoms with E-state index < -0.39 is 10.0 Å². The molecule has 0 spiro atoms. The summed E-state index contributed by atoms with van der Waals surface area (Å²) in [5, 5.41) is 6.17. The molecule has 0 fully saturated rings. The van der Waals surface area contributed by atoms with Crippen LogP contribution in [0.3, 0.4) is 0 Å². The molecule has 1 heterocycles. The molecule has 108 valence electrons. The van der Waals surface area contributed by atoms with E-state index in [9.17, 15) is 8.42 Å². The second kappa shape index (κ2) is 6.06. The van der Waals surface area contributed by atoms with Crippen molar-refractivity contribution in [1.29, 1.82) is 0 Å². The molecule has 0 aliphatic heterocycles. The molecule has 0 aliphatic rings. The third-order valence-corrected chi connectivity index (χ3v) is 4.59. The summed E-state index contributed by atoms with van der Waals surface area (Å²) < 4.78 is 31.0. The van der Waals surface area contributed by atoms with Gasteiger partial charge in [-0.2, -0.15) is 9.40 Å². The molecule has 20 heavy (non-hydrogen) atoms. The highest BCUT2D eigenvalue weighted by atomic mass is 32.2. The van der Waals surface area contributed by atoms with Gasteiger partial charge in [-0.1, -0.05) is 12.1 Å². The molecular formula is C13H17N3O3S. The summed E-state index contributed by atoms with van der Waals surface area (Å²) in [5.74, 6) is 0.775. The van der Waals surface area contributed by atoms with Crippen LogP contribution in [-0.2, 0) is 16.6 Å². The normalized spacial score (nSPS) is 11.8. The van der Waals surface area contributed by atoms with Crippen LogP contribution in [0.1, 0.15) is 12.5 Å². The van der Waals surface area contributed by atoms with Gasteiger partial charge in [0.15, 0.2) is 0 Å². The molecule has 0 unspecified atom stereocenters. The minimum Gasteiger partial charge on any atom is -0.494 e. The fraction of sp³-hybridized carbons (Fsp3) is 0.308. The first-order chi connectivity index (χ1) is 9.54. The maximum atomic E-state index is 12.2. The number of ether oxygens (including phenoxy) is 1. The lowest BCUT2D eigenvalue weighted by Crippen LogP contribution is -2.26. The van der Waals surface area contributed by atoms with Gasteiger partial charge < -0.3 is 4.74 Å². The van der Waals surface area contributed by atoms with Crippen LogP contribution in [-0.4, -0.2) is 36.6 Å². The van der Waals surface area contributed by atoms with E-state index in [2.05, 4.69) is 10.2 Å². The first-order valence-corrected chi connectivity index (χ1v) is 7.65. The molecule has 0 radical (unpaired) electrons. The second-order valence-electron chi connectivity index (χ2n) is 4.27. The summed E-state index contributed by atoms with van der Waals surface area (Å²) >= 11 is 0. The van der Waals surface area contributed by atoms with E-state index in [0.29, 0.717) is 13.2 Å². The molecule has 7 heteroatoms. The minimum absolute atomic E-state index is 0.158. The van der Waals surface area contributed by atoms with Crippen molar-refractivity contribution in [2.75, 3.05) is 13.7 Å². The molecule has 2 aromatic rings. The van der Waals surface area contributed by atoms with Gasteiger partial charge >= 0.3 is 0 Å². The number of H-pyrrole nitrogens is 1. The quantitative estimate of drug-likeness (QED) is 0.879. The van der Waals surface area contributed by atoms with E-state index >= 15 is 0 Å². The molecule has 0 saturated heterocycles. The summed E-state index contributed by atoms with van der Waals surface area (Å²) in [6.45, 7) is 2.81. The van der Waals surface area contributed by atoms with Crippen LogP contribution in [0, 0.1) is 0 Å². The minimum atomic E-state index is -3.51. The molecular weight excluding hydrogens is 278 g/mol. The average Bonchev–Trinajstić information content (AvgIpc) is 2.96. The van der Waals surface area contributed by atoms with Gasteiger partial charge in [-0.15, -0.1) is 0 Å². The van der Waals surface area contributed by atoms with Crippen molar-refractivity contribution in [3.8, 4) is 5.75 Å². The number of aromatic amines is 1. The highest BCUT2D eigenvalue weighted by molar-refractivity contribution is 7.89. The lowest BCUT2D eigenvalue weighted by Gasteiger charge is -2.16. The molecule has 2 rings (SSSR count). The molecule has 0 aliphatic carbocycles. The van der Waals surface area contributed by atoms with Gasteiger partial charge in [0, 0.05) is 19.8 Å². The maximum absolute atomic E-state index is 12.2. The third kappa shape index (κ3) is 3.17. The van der Waals surface area contributed by atoms with Crippen molar-refractivity contribution in [1.82, 2.24) is 14.5 Å². The first-order valence-electron chi connectivity index (χ1n) is 6.21. The number of hydrogen-bond acceptors (Lipinski definition) is 4. The molecule has 0 atom stereocenters. The van der Waals surface area contributed by atoms with Crippen molar-refractivity contribution in [2.45, 2.75) is 18.4 Å². The summed E-state index contributed by atoms with van der Waals surface area (Å²) in [5.41, 5.74) is 0.892. The number of sulfonamides is 1. The first kappa shape index (κ1) is 14.5. The zero-order valence-electron chi connectivity index (χ0n) is 11.4. The largest absolute Gasteiger partial charge is 0.494 e. The van der Waals surface area contributed by atoms with Crippen molar-refractivity contribution in [3.63, 3.8) is 0 Å². The Labute approximate surface area is 118 Å². The molecule has 0 amide bonds. The number of rotatable bonds is 6. The van der Waals surface area contributed by atoms with Gasteiger partial charge in [0.1, 0.15) is 10.6 Å². The predicted molar refractivity (Wildman–Crippen MR) is 74.9 cm³/mol. The number of nitrogens with one attached hydrogen (secondary N) is 1. The van der Waals surface area contributed by atoms with Crippen molar-refractivity contribution in [3.05, 3.63) is 42.2 Å². The van der Waals surface area contributed by atoms with Crippen LogP contribution in [0.4, 0.5) is 0 Å². The van der Waals surface area contributed by atoms with E-state index in [1.807, 2.05) is 31.2 Å². The Bertz CT molecular complexity index is 636. The predicted octanol–water partition coefficient (Wildman–Crippen LogP) is 1.63. The molecule has 1 aromatic carbocycles. The molecule has 0 saturated carbocycles. The van der Waals surface area contributed by atoms with Crippen molar-refractivity contribution in [2.24, 2.45) is 0 Å². The van der Waals surface area contributed by atoms with Crippen LogP contribution >= 0.6 is 0 Å². The van der Waals surface area contributed by atoms with Crippen molar-refractivity contribution < 1.29 is 13.2 Å². The highest BCUT2D eigenvalue weighted by Crippen LogP contribution is 2.17. The van der Waals surface area contributed by atoms with E-state index in [4.69, 9.17) is 4.74 Å². The van der Waals surface area contributed by atoms with E-state index in [0.717, 1.165) is 11.3 Å². The zero-order chi connectivity index (χ0) is 14.6. The van der Waals surface area contributed by atoms with Crippen LogP contribution < -0.4 is 4.74 Å². The summed E-state index contributed by atoms with van der Waals surface area (Å²) in [6.07, 6.45) is 2.66. The maximum Gasteiger partial charge on any atom is 0.246 e. The monoisotopic (exact) mass is 295 g/mol. The fourth-order valence-corrected chi connectivity index (χ4v) is 2.83. The Balaban J connectivity index is 2.09. The van der Waals surface area contributed by atoms with Gasteiger partial charge in [0.2, 0.25) is 10.0 Å². The number of nitrogens with zero attached hydrogens (tertiary/aromatic N) is 2. The Morgan fingerprint density at radius 2 is 2.00 bits per heavy atom. The lowest BCUT2D eigenvalue weighted by atomic mass is 10.2. The van der Waals surface area contributed by atoms with Gasteiger partial charge in [-0.3, -0.25) is 5.10 Å². The third-order valence-electron chi connectivity index (χ3n) is 2.82. The highest BCUT2D eigenvalue weighted by Gasteiger charge is 2.21. The van der Waals surface area contributed by atoms with Gasteiger partial charge in [0.25, 0.3) is 0 Å². The van der Waals surface area contributed by atoms with E-state index in [1.54, 1.807) is 7.05 Å². The zero-order valence-corrected chi connectivity index (χ0v) is 12.2. The summed E-state index contributed by atoms with van der Waals surface area (Å²) in [6, 6.07) is 7.37. The van der Waals surface area contributed by atoms with Crippen LogP contribution in [0.25, 0.3) is 0 Å². The average molecular weight is 295 g/mol. The standard InChI is InChI=1S/C13H17N3O3S/c1-3-19-12-6-4-11(5-7-12)10-16(2)20(17,18)13-8-14-15-9-13/h4-9H,3,10H2,1-2H3,(H,14,15). The Hall–Kier alpha value is -1.86. The van der Waals surface area contributed by atoms with Crippen LogP contribution in [0.5, 0.6) is 5.75 Å². The SMILES string of the molecule is CCOc1ccc(CN(C)S(=O)(=O)c2cn[nH]c2)cc1. The molecule has 1 N–H and O–H groups in total. The molecule has 1 aromatic heterocycles. The van der Waals surface area contributed by atoms with Gasteiger partial charge in [-0.05, 0) is 24.6 Å². The Morgan fingerprint density at radius 1 is 1.30 bits per heavy atom. The van der Waals surface area contributed by atoms with Crippen molar-refractivity contribution >= 4 is 10.0 Å². The molecule has 0 bridgehead atoms. The number of hydrogen-bond donors (Lipinski definition) is 1. The summed E-state index contributed by atoms with van der Waals surface area (Å²) in [4.78, 5) is 0.158.